The molecule has 51 heavy (non-hydrogen) atoms. The van der Waals surface area contributed by atoms with E-state index < -0.39 is 0 Å². The number of pyridine rings is 4. The Morgan fingerprint density at radius 3 is 1.02 bits per heavy atom. The zero-order chi connectivity index (χ0) is 35.4. The molecule has 14 heteroatoms. The number of aromatic nitrogens is 11. The van der Waals surface area contributed by atoms with Crippen molar-refractivity contribution in [2.75, 3.05) is 0 Å². The van der Waals surface area contributed by atoms with Crippen molar-refractivity contribution in [2.45, 2.75) is 0 Å². The molecule has 0 aliphatic rings. The Morgan fingerprint density at radius 1 is 0.353 bits per heavy atom. The number of benzene rings is 1. The average Bonchev–Trinajstić information content (AvgIpc) is 3.24. The molecule has 0 fully saturated rings. The number of nitrogens with zero attached hydrogens (tertiary/aromatic N) is 11. The van der Waals surface area contributed by atoms with E-state index in [9.17, 15) is 0 Å². The van der Waals surface area contributed by atoms with E-state index in [1.165, 1.54) is 0 Å². The molecule has 8 rings (SSSR count). The van der Waals surface area contributed by atoms with E-state index in [1.54, 1.807) is 61.7 Å². The molecule has 249 valence electrons. The van der Waals surface area contributed by atoms with Crippen LogP contribution in [0.2, 0.25) is 0 Å². The van der Waals surface area contributed by atoms with Crippen molar-refractivity contribution in [3.8, 4) is 57.5 Å². The van der Waals surface area contributed by atoms with Crippen molar-refractivity contribution in [3.63, 3.8) is 0 Å². The third-order valence-electron chi connectivity index (χ3n) is 6.38. The van der Waals surface area contributed by atoms with Crippen molar-refractivity contribution >= 4 is 28.7 Å². The van der Waals surface area contributed by atoms with E-state index in [1.807, 2.05) is 103 Å². The minimum atomic E-state index is -0.363. The van der Waals surface area contributed by atoms with Gasteiger partial charge in [-0.25, -0.2) is 34.9 Å². The van der Waals surface area contributed by atoms with Gasteiger partial charge in [-0.15, -0.1) is 0 Å². The maximum Gasteiger partial charge on any atom is 0.197 e. The Labute approximate surface area is 336 Å². The minimum absolute atomic E-state index is 0. The normalized spacial score (nSPS) is 9.94. The van der Waals surface area contributed by atoms with E-state index in [2.05, 4.69) is 61.7 Å². The SMILES string of the molecule is [2H][IH]P.[Y].c1ccc(-c2ccccn2)nc1.c1ccc(-c2nc(-c3ccccn3)nc(-c3ccccn3)n2)cc1.c1cnc(-c2ncccn2)nc1. The maximum atomic E-state index is 6.30. The Balaban J connectivity index is 0.000000182. The fourth-order valence-corrected chi connectivity index (χ4v) is 4.17. The summed E-state index contributed by atoms with van der Waals surface area (Å²) in [6, 6.07) is 36.2. The first kappa shape index (κ1) is 37.5. The molecule has 1 aromatic carbocycles. The summed E-state index contributed by atoms with van der Waals surface area (Å²) >= 11 is -0.363. The molecule has 8 aromatic rings. The topological polar surface area (TPSA) is 142 Å². The van der Waals surface area contributed by atoms with Crippen LogP contribution >= 0.6 is 28.7 Å². The van der Waals surface area contributed by atoms with Gasteiger partial charge >= 0.3 is 29.3 Å². The molecule has 11 nitrogen and oxygen atoms in total. The van der Waals surface area contributed by atoms with Gasteiger partial charge in [-0.1, -0.05) is 54.6 Å². The van der Waals surface area contributed by atoms with Crippen LogP contribution in [0, 0.1) is 0 Å². The molecule has 0 saturated carbocycles. The van der Waals surface area contributed by atoms with Gasteiger partial charge in [0.15, 0.2) is 29.1 Å². The third kappa shape index (κ3) is 12.2. The summed E-state index contributed by atoms with van der Waals surface area (Å²) in [5, 5.41) is 0. The monoisotopic (exact) mass is 877 g/mol. The van der Waals surface area contributed by atoms with E-state index in [-0.39, 0.29) is 54.6 Å². The van der Waals surface area contributed by atoms with Gasteiger partial charge in [0.25, 0.3) is 0 Å². The predicted octanol–water partition coefficient (Wildman–Crippen LogP) is 7.41. The number of hydrogen-bond donors (Lipinski definition) is 0. The van der Waals surface area contributed by atoms with Crippen molar-refractivity contribution in [1.82, 2.24) is 54.8 Å². The molecule has 0 amide bonds. The van der Waals surface area contributed by atoms with Crippen LogP contribution < -0.4 is 0 Å². The molecule has 1 atom stereocenters. The first-order chi connectivity index (χ1) is 25.2. The minimum Gasteiger partial charge on any atom is -0.255 e. The van der Waals surface area contributed by atoms with Crippen LogP contribution in [0.1, 0.15) is 0 Å². The van der Waals surface area contributed by atoms with Gasteiger partial charge < -0.3 is 0 Å². The summed E-state index contributed by atoms with van der Waals surface area (Å²) in [6.07, 6.45) is 13.6. The Hall–Kier alpha value is -4.75. The molecular formula is C37H31IN11PY. The molecule has 0 N–H and O–H groups in total. The smallest absolute Gasteiger partial charge is 0.197 e. The quantitative estimate of drug-likeness (QED) is 0.126. The molecule has 7 heterocycles. The van der Waals surface area contributed by atoms with Crippen LogP contribution in [0.15, 0.2) is 165 Å². The Morgan fingerprint density at radius 2 is 0.667 bits per heavy atom. The summed E-state index contributed by atoms with van der Waals surface area (Å²) in [5.74, 6) is 2.78. The molecule has 0 saturated heterocycles. The molecule has 7 aromatic heterocycles. The van der Waals surface area contributed by atoms with Gasteiger partial charge in [-0.3, -0.25) is 19.9 Å². The molecular weight excluding hydrogens is 845 g/mol. The molecule has 0 aliphatic carbocycles. The second kappa shape index (κ2) is 22.2. The van der Waals surface area contributed by atoms with Crippen LogP contribution in [0.5, 0.6) is 0 Å². The summed E-state index contributed by atoms with van der Waals surface area (Å²) in [7, 11) is 0. The van der Waals surface area contributed by atoms with Gasteiger partial charge in [0.05, 0.1) is 11.4 Å². The third-order valence-corrected chi connectivity index (χ3v) is 6.38. The molecule has 0 aliphatic heterocycles. The largest absolute Gasteiger partial charge is 0.255 e. The fraction of sp³-hybridized carbons (Fsp3) is 0. The van der Waals surface area contributed by atoms with Crippen LogP contribution in [-0.2, 0) is 32.7 Å². The van der Waals surface area contributed by atoms with E-state index in [4.69, 9.17) is 0.594 Å². The van der Waals surface area contributed by atoms with Gasteiger partial charge in [-0.05, 0) is 60.7 Å². The van der Waals surface area contributed by atoms with Gasteiger partial charge in [-0.2, -0.15) is 0 Å². The second-order valence-electron chi connectivity index (χ2n) is 9.68. The maximum absolute atomic E-state index is 6.30. The van der Waals surface area contributed by atoms with Gasteiger partial charge in [0, 0.05) is 87.8 Å². The fourth-order valence-electron chi connectivity index (χ4n) is 4.17. The molecule has 1 radical (unpaired) electrons. The molecule has 1 unspecified atom stereocenters. The summed E-state index contributed by atoms with van der Waals surface area (Å²) in [5.41, 5.74) is 4.16. The van der Waals surface area contributed by atoms with Crippen molar-refractivity contribution in [3.05, 3.63) is 165 Å². The standard InChI is InChI=1S/C19H13N5.C10H8N2.C8H6N4.H4IP.Y/c1-2-8-14(9-3-1)17-22-18(15-10-4-6-12-20-15)24-19(23-17)16-11-5-7-13-21-16;1-3-7-11-9(5-1)10-6-2-4-8-12-10;1-3-9-7(10-4-1)8-11-5-2-6-12-8;1-2;/h1-13H;1-8H;1-6H;1-2H2;/i;;;1D;. The average molecular weight is 878 g/mol. The van der Waals surface area contributed by atoms with Crippen LogP contribution in [-0.4, -0.2) is 55.4 Å². The first-order valence-electron chi connectivity index (χ1n) is 15.5. The summed E-state index contributed by atoms with van der Waals surface area (Å²) in [4.78, 5) is 46.8. The van der Waals surface area contributed by atoms with E-state index >= 15 is 0 Å². The van der Waals surface area contributed by atoms with E-state index in [0.717, 1.165) is 17.0 Å². The summed E-state index contributed by atoms with van der Waals surface area (Å²) in [6.45, 7) is 2.38. The van der Waals surface area contributed by atoms with Crippen LogP contribution in [0.4, 0.5) is 0 Å². The van der Waals surface area contributed by atoms with Gasteiger partial charge in [0.2, 0.25) is 0 Å². The van der Waals surface area contributed by atoms with Gasteiger partial charge in [0.1, 0.15) is 11.4 Å². The number of halogens is 1. The first-order valence-corrected chi connectivity index (χ1v) is 19.6. The van der Waals surface area contributed by atoms with Crippen molar-refractivity contribution < 1.29 is 32.7 Å². The van der Waals surface area contributed by atoms with Crippen molar-refractivity contribution in [2.24, 2.45) is 0 Å². The Kier molecular flexibility index (Phi) is 16.3. The molecule has 0 spiro atoms. The van der Waals surface area contributed by atoms with Crippen LogP contribution in [0.3, 0.4) is 0 Å². The second-order valence-corrected chi connectivity index (χ2v) is 9.68. The molecule has 0 bridgehead atoms. The number of rotatable bonds is 5. The zero-order valence-electron chi connectivity index (χ0n) is 28.1. The summed E-state index contributed by atoms with van der Waals surface area (Å²) < 4.78 is 6.30. The Bertz CT molecular complexity index is 1850. The predicted molar refractivity (Wildman–Crippen MR) is 209 cm³/mol. The van der Waals surface area contributed by atoms with E-state index in [0.29, 0.717) is 40.5 Å². The number of hydrogen-bond acceptors (Lipinski definition) is 11. The zero-order valence-corrected chi connectivity index (χ0v) is 33.4. The van der Waals surface area contributed by atoms with Crippen molar-refractivity contribution in [1.29, 1.82) is 0.594 Å². The van der Waals surface area contributed by atoms with Crippen LogP contribution in [0.25, 0.3) is 57.5 Å².